The minimum Gasteiger partial charge on any atom is -0.324 e. The van der Waals surface area contributed by atoms with Gasteiger partial charge in [-0.2, -0.15) is 0 Å². The number of hydrogen-bond acceptors (Lipinski definition) is 1. The highest BCUT2D eigenvalue weighted by Crippen LogP contribution is 2.24. The Kier molecular flexibility index (Phi) is 3.33. The molecule has 0 fully saturated rings. The first kappa shape index (κ1) is 10.5. The molecule has 0 aromatic heterocycles. The average molecular weight is 263 g/mol. The van der Waals surface area contributed by atoms with E-state index in [0.717, 1.165) is 5.69 Å². The van der Waals surface area contributed by atoms with E-state index in [-0.39, 0.29) is 5.91 Å². The second-order valence-corrected chi connectivity index (χ2v) is 5.51. The molecule has 1 N–H and O–H groups in total. The molecule has 4 heteroatoms. The summed E-state index contributed by atoms with van der Waals surface area (Å²) in [6, 6.07) is 9.16. The number of amides is 1. The maximum Gasteiger partial charge on any atom is 0.256 e. The standard InChI is InChI=1S/C9H9BrClNO/c1-9(10,11)8(13)12-7-5-3-2-4-6-7/h2-6H,1H3,(H,12,13). The number of carbonyl (C=O) groups excluding carboxylic acids is 1. The first-order valence-corrected chi connectivity index (χ1v) is 4.91. The molecule has 1 aromatic rings. The summed E-state index contributed by atoms with van der Waals surface area (Å²) < 4.78 is -1.05. The quantitative estimate of drug-likeness (QED) is 0.816. The third-order valence-corrected chi connectivity index (χ3v) is 1.96. The van der Waals surface area contributed by atoms with Crippen LogP contribution in [0.5, 0.6) is 0 Å². The van der Waals surface area contributed by atoms with Crippen molar-refractivity contribution in [3.05, 3.63) is 30.3 Å². The fourth-order valence-corrected chi connectivity index (χ4v) is 0.909. The predicted molar refractivity (Wildman–Crippen MR) is 58.3 cm³/mol. The molecule has 0 bridgehead atoms. The molecule has 0 radical (unpaired) electrons. The summed E-state index contributed by atoms with van der Waals surface area (Å²) in [6.45, 7) is 1.58. The zero-order chi connectivity index (χ0) is 9.90. The zero-order valence-corrected chi connectivity index (χ0v) is 9.39. The fraction of sp³-hybridized carbons (Fsp3) is 0.222. The van der Waals surface area contributed by atoms with Gasteiger partial charge in [-0.3, -0.25) is 4.79 Å². The lowest BCUT2D eigenvalue weighted by atomic mass is 10.3. The molecule has 1 amide bonds. The van der Waals surface area contributed by atoms with E-state index in [9.17, 15) is 4.79 Å². The molecule has 0 saturated carbocycles. The lowest BCUT2D eigenvalue weighted by molar-refractivity contribution is -0.116. The molecule has 0 saturated heterocycles. The van der Waals surface area contributed by atoms with Gasteiger partial charge in [0.05, 0.1) is 0 Å². The van der Waals surface area contributed by atoms with Crippen LogP contribution in [0.3, 0.4) is 0 Å². The van der Waals surface area contributed by atoms with E-state index >= 15 is 0 Å². The molecule has 0 aliphatic carbocycles. The van der Waals surface area contributed by atoms with Crippen LogP contribution >= 0.6 is 27.5 Å². The van der Waals surface area contributed by atoms with E-state index in [1.54, 1.807) is 19.1 Å². The zero-order valence-electron chi connectivity index (χ0n) is 7.05. The van der Waals surface area contributed by atoms with Gasteiger partial charge in [0.1, 0.15) is 0 Å². The number of alkyl halides is 2. The second-order valence-electron chi connectivity index (χ2n) is 2.71. The highest BCUT2D eigenvalue weighted by molar-refractivity contribution is 9.10. The second kappa shape index (κ2) is 4.11. The highest BCUT2D eigenvalue weighted by Gasteiger charge is 2.26. The van der Waals surface area contributed by atoms with E-state index in [4.69, 9.17) is 11.6 Å². The SMILES string of the molecule is CC(Cl)(Br)C(=O)Nc1ccccc1. The summed E-state index contributed by atoms with van der Waals surface area (Å²) in [5.41, 5.74) is 0.735. The molecule has 2 nitrogen and oxygen atoms in total. The van der Waals surface area contributed by atoms with E-state index in [0.29, 0.717) is 0 Å². The van der Waals surface area contributed by atoms with Crippen molar-refractivity contribution in [3.63, 3.8) is 0 Å². The molecule has 0 aliphatic heterocycles. The van der Waals surface area contributed by atoms with Crippen molar-refractivity contribution in [2.75, 3.05) is 5.32 Å². The topological polar surface area (TPSA) is 29.1 Å². The number of hydrogen-bond donors (Lipinski definition) is 1. The summed E-state index contributed by atoms with van der Waals surface area (Å²) in [5, 5.41) is 2.66. The lowest BCUT2D eigenvalue weighted by Gasteiger charge is -2.13. The van der Waals surface area contributed by atoms with Gasteiger partial charge >= 0.3 is 0 Å². The Morgan fingerprint density at radius 2 is 2.00 bits per heavy atom. The average Bonchev–Trinajstić information content (AvgIpc) is 2.04. The van der Waals surface area contributed by atoms with Crippen LogP contribution in [0, 0.1) is 0 Å². The summed E-state index contributed by atoms with van der Waals surface area (Å²) in [6.07, 6.45) is 0. The van der Waals surface area contributed by atoms with Crippen LogP contribution in [0.1, 0.15) is 6.92 Å². The Balaban J connectivity index is 2.66. The molecular formula is C9H9BrClNO. The Bertz CT molecular complexity index is 294. The number of nitrogens with one attached hydrogen (secondary N) is 1. The minimum absolute atomic E-state index is 0.277. The van der Waals surface area contributed by atoms with Crippen molar-refractivity contribution in [2.24, 2.45) is 0 Å². The van der Waals surface area contributed by atoms with Crippen molar-refractivity contribution in [1.82, 2.24) is 0 Å². The van der Waals surface area contributed by atoms with Crippen LogP contribution in [0.2, 0.25) is 0 Å². The van der Waals surface area contributed by atoms with Gasteiger partial charge in [-0.15, -0.1) is 0 Å². The van der Waals surface area contributed by atoms with Crippen molar-refractivity contribution in [1.29, 1.82) is 0 Å². The third-order valence-electron chi connectivity index (χ3n) is 1.43. The fourth-order valence-electron chi connectivity index (χ4n) is 0.762. The number of anilines is 1. The smallest absolute Gasteiger partial charge is 0.256 e. The number of benzene rings is 1. The van der Waals surface area contributed by atoms with Gasteiger partial charge in [-0.05, 0) is 19.1 Å². The van der Waals surface area contributed by atoms with E-state index in [2.05, 4.69) is 21.2 Å². The molecule has 1 atom stereocenters. The monoisotopic (exact) mass is 261 g/mol. The molecule has 70 valence electrons. The Labute approximate surface area is 90.4 Å². The predicted octanol–water partition coefficient (Wildman–Crippen LogP) is 2.98. The summed E-state index contributed by atoms with van der Waals surface area (Å²) in [5.74, 6) is -0.277. The Morgan fingerprint density at radius 3 is 2.46 bits per heavy atom. The summed E-state index contributed by atoms with van der Waals surface area (Å²) in [4.78, 5) is 11.3. The van der Waals surface area contributed by atoms with Gasteiger partial charge < -0.3 is 5.32 Å². The van der Waals surface area contributed by atoms with Crippen LogP contribution in [-0.2, 0) is 4.79 Å². The number of carbonyl (C=O) groups is 1. The number of halogens is 2. The van der Waals surface area contributed by atoms with Crippen LogP contribution in [0.15, 0.2) is 30.3 Å². The van der Waals surface area contributed by atoms with Gasteiger partial charge in [0.2, 0.25) is 0 Å². The maximum atomic E-state index is 11.3. The molecule has 0 spiro atoms. The van der Waals surface area contributed by atoms with Crippen LogP contribution in [0.4, 0.5) is 5.69 Å². The maximum absolute atomic E-state index is 11.3. The molecule has 1 aromatic carbocycles. The first-order valence-electron chi connectivity index (χ1n) is 3.74. The molecular weight excluding hydrogens is 253 g/mol. The number of rotatable bonds is 2. The third kappa shape index (κ3) is 3.36. The van der Waals surface area contributed by atoms with Crippen molar-refractivity contribution < 1.29 is 4.79 Å². The lowest BCUT2D eigenvalue weighted by Crippen LogP contribution is -2.28. The van der Waals surface area contributed by atoms with Crippen LogP contribution < -0.4 is 5.32 Å². The largest absolute Gasteiger partial charge is 0.324 e. The summed E-state index contributed by atoms with van der Waals surface area (Å²) >= 11 is 8.79. The van der Waals surface area contributed by atoms with Crippen LogP contribution in [-0.4, -0.2) is 9.69 Å². The number of para-hydroxylation sites is 1. The Hall–Kier alpha value is -0.540. The highest BCUT2D eigenvalue weighted by atomic mass is 79.9. The van der Waals surface area contributed by atoms with E-state index < -0.39 is 3.78 Å². The van der Waals surface area contributed by atoms with E-state index in [1.165, 1.54) is 0 Å². The van der Waals surface area contributed by atoms with Crippen molar-refractivity contribution in [3.8, 4) is 0 Å². The van der Waals surface area contributed by atoms with Crippen LogP contribution in [0.25, 0.3) is 0 Å². The van der Waals surface area contributed by atoms with Gasteiger partial charge in [0.25, 0.3) is 5.91 Å². The molecule has 0 aliphatic rings. The van der Waals surface area contributed by atoms with Gasteiger partial charge in [0.15, 0.2) is 3.78 Å². The van der Waals surface area contributed by atoms with Gasteiger partial charge in [-0.1, -0.05) is 45.7 Å². The van der Waals surface area contributed by atoms with Crippen molar-refractivity contribution in [2.45, 2.75) is 10.7 Å². The molecule has 1 rings (SSSR count). The van der Waals surface area contributed by atoms with E-state index in [1.807, 2.05) is 18.2 Å². The normalized spacial score (nSPS) is 14.7. The van der Waals surface area contributed by atoms with Gasteiger partial charge in [0, 0.05) is 5.69 Å². The minimum atomic E-state index is -1.05. The molecule has 13 heavy (non-hydrogen) atoms. The Morgan fingerprint density at radius 1 is 1.46 bits per heavy atom. The molecule has 1 unspecified atom stereocenters. The van der Waals surface area contributed by atoms with Gasteiger partial charge in [-0.25, -0.2) is 0 Å². The first-order chi connectivity index (χ1) is 6.00. The molecule has 0 heterocycles. The summed E-state index contributed by atoms with van der Waals surface area (Å²) in [7, 11) is 0. The van der Waals surface area contributed by atoms with Crippen molar-refractivity contribution >= 4 is 39.1 Å².